The number of rotatable bonds is 3. The van der Waals surface area contributed by atoms with Crippen LogP contribution in [0.3, 0.4) is 0 Å². The molecule has 4 N–H and O–H groups in total. The van der Waals surface area contributed by atoms with Gasteiger partial charge in [0.1, 0.15) is 5.82 Å². The smallest absolute Gasteiger partial charge is 0.259 e. The van der Waals surface area contributed by atoms with Crippen LogP contribution in [-0.4, -0.2) is 19.9 Å². The summed E-state index contributed by atoms with van der Waals surface area (Å²) in [5.41, 5.74) is 10.5. The summed E-state index contributed by atoms with van der Waals surface area (Å²) < 4.78 is 0. The van der Waals surface area contributed by atoms with Crippen LogP contribution in [0.2, 0.25) is 0 Å². The van der Waals surface area contributed by atoms with Crippen molar-refractivity contribution in [1.29, 1.82) is 0 Å². The highest BCUT2D eigenvalue weighted by Gasteiger charge is 2.11. The quantitative estimate of drug-likeness (QED) is 0.540. The lowest BCUT2D eigenvalue weighted by Crippen LogP contribution is -2.09. The molecule has 6 heteroatoms. The van der Waals surface area contributed by atoms with E-state index in [9.17, 15) is 4.79 Å². The average Bonchev–Trinajstić information content (AvgIpc) is 3.05. The van der Waals surface area contributed by atoms with Gasteiger partial charge in [-0.15, -0.1) is 0 Å². The Morgan fingerprint density at radius 1 is 1.04 bits per heavy atom. The standard InChI is InChI=1S/C18H15N5O/c19-9-11-1-2-15-16(7-11)23-17(22-15)14-8-13(10-21-18(14)24)12-3-5-20-6-4-12/h1-8,10H,9,19H2,(H,21,24)(H,22,23). The van der Waals surface area contributed by atoms with E-state index < -0.39 is 0 Å². The first-order valence-electron chi connectivity index (χ1n) is 7.57. The van der Waals surface area contributed by atoms with Crippen LogP contribution >= 0.6 is 0 Å². The van der Waals surface area contributed by atoms with E-state index in [0.717, 1.165) is 27.7 Å². The number of hydrogen-bond donors (Lipinski definition) is 3. The first kappa shape index (κ1) is 14.3. The third kappa shape index (κ3) is 2.49. The van der Waals surface area contributed by atoms with Crippen LogP contribution < -0.4 is 11.3 Å². The van der Waals surface area contributed by atoms with Crippen molar-refractivity contribution in [2.24, 2.45) is 5.73 Å². The fourth-order valence-electron chi connectivity index (χ4n) is 2.68. The number of imidazole rings is 1. The highest BCUT2D eigenvalue weighted by Crippen LogP contribution is 2.23. The van der Waals surface area contributed by atoms with Crippen LogP contribution in [0, 0.1) is 0 Å². The Morgan fingerprint density at radius 2 is 1.88 bits per heavy atom. The minimum absolute atomic E-state index is 0.189. The molecule has 1 aromatic carbocycles. The number of aromatic nitrogens is 4. The lowest BCUT2D eigenvalue weighted by atomic mass is 10.1. The van der Waals surface area contributed by atoms with Gasteiger partial charge < -0.3 is 15.7 Å². The maximum atomic E-state index is 12.3. The van der Waals surface area contributed by atoms with Gasteiger partial charge in [-0.1, -0.05) is 6.07 Å². The van der Waals surface area contributed by atoms with Crippen LogP contribution in [0.1, 0.15) is 5.56 Å². The summed E-state index contributed by atoms with van der Waals surface area (Å²) in [5.74, 6) is 0.538. The van der Waals surface area contributed by atoms with Gasteiger partial charge in [-0.25, -0.2) is 4.98 Å². The Balaban J connectivity index is 1.85. The number of fused-ring (bicyclic) bond motifs is 1. The third-order valence-electron chi connectivity index (χ3n) is 3.95. The summed E-state index contributed by atoms with van der Waals surface area (Å²) in [5, 5.41) is 0. The Morgan fingerprint density at radius 3 is 2.67 bits per heavy atom. The van der Waals surface area contributed by atoms with Gasteiger partial charge in [0.05, 0.1) is 16.6 Å². The molecule has 0 saturated heterocycles. The molecule has 6 nitrogen and oxygen atoms in total. The van der Waals surface area contributed by atoms with Gasteiger partial charge in [0.15, 0.2) is 0 Å². The van der Waals surface area contributed by atoms with Gasteiger partial charge >= 0.3 is 0 Å². The maximum absolute atomic E-state index is 12.3. The molecule has 0 atom stereocenters. The van der Waals surface area contributed by atoms with Crippen molar-refractivity contribution >= 4 is 11.0 Å². The molecule has 0 radical (unpaired) electrons. The highest BCUT2D eigenvalue weighted by molar-refractivity contribution is 5.80. The number of nitrogens with zero attached hydrogens (tertiary/aromatic N) is 2. The number of benzene rings is 1. The molecular formula is C18H15N5O. The Labute approximate surface area is 137 Å². The molecule has 0 aliphatic heterocycles. The molecule has 24 heavy (non-hydrogen) atoms. The van der Waals surface area contributed by atoms with E-state index in [2.05, 4.69) is 19.9 Å². The average molecular weight is 317 g/mol. The van der Waals surface area contributed by atoms with Crippen LogP contribution in [0.15, 0.2) is 59.8 Å². The molecule has 0 aliphatic carbocycles. The molecule has 4 rings (SSSR count). The van der Waals surface area contributed by atoms with Crippen LogP contribution in [-0.2, 0) is 6.54 Å². The Kier molecular flexibility index (Phi) is 3.44. The molecule has 0 unspecified atom stereocenters. The van der Waals surface area contributed by atoms with E-state index in [0.29, 0.717) is 17.9 Å². The zero-order valence-corrected chi connectivity index (χ0v) is 12.8. The second kappa shape index (κ2) is 5.75. The van der Waals surface area contributed by atoms with Crippen molar-refractivity contribution < 1.29 is 0 Å². The van der Waals surface area contributed by atoms with Gasteiger partial charge in [-0.05, 0) is 47.0 Å². The monoisotopic (exact) mass is 317 g/mol. The molecule has 3 heterocycles. The van der Waals surface area contributed by atoms with Crippen molar-refractivity contribution in [2.45, 2.75) is 6.54 Å². The number of hydrogen-bond acceptors (Lipinski definition) is 4. The fourth-order valence-corrected chi connectivity index (χ4v) is 2.68. The van der Waals surface area contributed by atoms with Crippen molar-refractivity contribution in [3.8, 4) is 22.5 Å². The number of pyridine rings is 2. The van der Waals surface area contributed by atoms with Crippen LogP contribution in [0.25, 0.3) is 33.5 Å². The molecule has 0 spiro atoms. The molecule has 0 aliphatic rings. The molecule has 4 aromatic rings. The summed E-state index contributed by atoms with van der Waals surface area (Å²) in [4.78, 5) is 26.8. The minimum Gasteiger partial charge on any atom is -0.338 e. The van der Waals surface area contributed by atoms with Crippen LogP contribution in [0.4, 0.5) is 0 Å². The summed E-state index contributed by atoms with van der Waals surface area (Å²) in [6.45, 7) is 0.461. The van der Waals surface area contributed by atoms with Gasteiger partial charge in [0.25, 0.3) is 5.56 Å². The third-order valence-corrected chi connectivity index (χ3v) is 3.95. The predicted molar refractivity (Wildman–Crippen MR) is 93.3 cm³/mol. The zero-order chi connectivity index (χ0) is 16.5. The Bertz CT molecular complexity index is 1070. The SMILES string of the molecule is NCc1ccc2nc(-c3cc(-c4ccncc4)c[nH]c3=O)[nH]c2c1. The minimum atomic E-state index is -0.189. The summed E-state index contributed by atoms with van der Waals surface area (Å²) in [7, 11) is 0. The van der Waals surface area contributed by atoms with Crippen molar-refractivity contribution in [2.75, 3.05) is 0 Å². The first-order chi connectivity index (χ1) is 11.7. The first-order valence-corrected chi connectivity index (χ1v) is 7.57. The number of nitrogens with one attached hydrogen (secondary N) is 2. The van der Waals surface area contributed by atoms with E-state index in [1.54, 1.807) is 18.6 Å². The largest absolute Gasteiger partial charge is 0.338 e. The Hall–Kier alpha value is -3.25. The molecule has 0 bridgehead atoms. The lowest BCUT2D eigenvalue weighted by molar-refractivity contribution is 1.07. The highest BCUT2D eigenvalue weighted by atomic mass is 16.1. The number of nitrogens with two attached hydrogens (primary N) is 1. The summed E-state index contributed by atoms with van der Waals surface area (Å²) in [6, 6.07) is 11.4. The van der Waals surface area contributed by atoms with E-state index in [1.807, 2.05) is 36.4 Å². The van der Waals surface area contributed by atoms with Crippen molar-refractivity contribution in [3.05, 3.63) is 70.9 Å². The molecular weight excluding hydrogens is 302 g/mol. The van der Waals surface area contributed by atoms with E-state index in [-0.39, 0.29) is 5.56 Å². The van der Waals surface area contributed by atoms with E-state index in [1.165, 1.54) is 0 Å². The zero-order valence-electron chi connectivity index (χ0n) is 12.8. The van der Waals surface area contributed by atoms with Crippen molar-refractivity contribution in [1.82, 2.24) is 19.9 Å². The molecule has 0 saturated carbocycles. The predicted octanol–water partition coefficient (Wildman–Crippen LogP) is 2.44. The second-order valence-corrected chi connectivity index (χ2v) is 5.51. The van der Waals surface area contributed by atoms with Crippen molar-refractivity contribution in [3.63, 3.8) is 0 Å². The number of H-pyrrole nitrogens is 2. The molecule has 0 amide bonds. The summed E-state index contributed by atoms with van der Waals surface area (Å²) in [6.07, 6.45) is 5.13. The molecule has 118 valence electrons. The lowest BCUT2D eigenvalue weighted by Gasteiger charge is -2.02. The van der Waals surface area contributed by atoms with Gasteiger partial charge in [0, 0.05) is 25.1 Å². The second-order valence-electron chi connectivity index (χ2n) is 5.51. The topological polar surface area (TPSA) is 100 Å². The van der Waals surface area contributed by atoms with Crippen LogP contribution in [0.5, 0.6) is 0 Å². The molecule has 3 aromatic heterocycles. The van der Waals surface area contributed by atoms with Gasteiger partial charge in [-0.2, -0.15) is 0 Å². The van der Waals surface area contributed by atoms with Gasteiger partial charge in [-0.3, -0.25) is 9.78 Å². The number of aromatic amines is 2. The maximum Gasteiger partial charge on any atom is 0.259 e. The fraction of sp³-hybridized carbons (Fsp3) is 0.0556. The van der Waals surface area contributed by atoms with E-state index >= 15 is 0 Å². The van der Waals surface area contributed by atoms with Gasteiger partial charge in [0.2, 0.25) is 0 Å². The normalized spacial score (nSPS) is 11.0. The molecule has 0 fully saturated rings. The van der Waals surface area contributed by atoms with E-state index in [4.69, 9.17) is 5.73 Å². The summed E-state index contributed by atoms with van der Waals surface area (Å²) >= 11 is 0.